The number of fused-ring (bicyclic) bond motifs is 3. The number of thioether (sulfide) groups is 1. The lowest BCUT2D eigenvalue weighted by Gasteiger charge is -2.06. The van der Waals surface area contributed by atoms with Crippen molar-refractivity contribution in [3.63, 3.8) is 0 Å². The van der Waals surface area contributed by atoms with Crippen molar-refractivity contribution in [2.24, 2.45) is 0 Å². The van der Waals surface area contributed by atoms with Crippen LogP contribution in [-0.4, -0.2) is 28.3 Å². The van der Waals surface area contributed by atoms with Gasteiger partial charge in [-0.2, -0.15) is 0 Å². The molecule has 1 aliphatic carbocycles. The average Bonchev–Trinajstić information content (AvgIpc) is 3.20. The number of benzene rings is 1. The van der Waals surface area contributed by atoms with Gasteiger partial charge >= 0.3 is 5.97 Å². The molecule has 0 radical (unpaired) electrons. The molecule has 0 spiro atoms. The van der Waals surface area contributed by atoms with E-state index in [4.69, 9.17) is 4.74 Å². The Morgan fingerprint density at radius 3 is 2.96 bits per heavy atom. The maximum Gasteiger partial charge on any atom is 0.338 e. The maximum absolute atomic E-state index is 11.9. The molecule has 0 bridgehead atoms. The molecule has 3 aromatic rings. The van der Waals surface area contributed by atoms with Gasteiger partial charge in [0.2, 0.25) is 0 Å². The summed E-state index contributed by atoms with van der Waals surface area (Å²) in [6.45, 7) is 0.371. The summed E-state index contributed by atoms with van der Waals surface area (Å²) in [4.78, 5) is 23.3. The SMILES string of the molecule is O=C(OCCSc1ncnc2sc3c(c12)CCC3)c1ccccc1. The minimum Gasteiger partial charge on any atom is -0.461 e. The first kappa shape index (κ1) is 15.6. The number of thiophene rings is 1. The zero-order valence-corrected chi connectivity index (χ0v) is 14.7. The van der Waals surface area contributed by atoms with Crippen LogP contribution in [0.15, 0.2) is 41.7 Å². The summed E-state index contributed by atoms with van der Waals surface area (Å²) in [5.41, 5.74) is 2.02. The Labute approximate surface area is 148 Å². The number of nitrogens with zero attached hydrogens (tertiary/aromatic N) is 2. The quantitative estimate of drug-likeness (QED) is 0.298. The van der Waals surface area contributed by atoms with Gasteiger partial charge in [-0.3, -0.25) is 0 Å². The van der Waals surface area contributed by atoms with E-state index >= 15 is 0 Å². The fourth-order valence-electron chi connectivity index (χ4n) is 2.94. The Hall–Kier alpha value is -1.92. The average molecular weight is 356 g/mol. The molecule has 0 amide bonds. The van der Waals surface area contributed by atoms with Crippen LogP contribution in [0, 0.1) is 0 Å². The number of carbonyl (C=O) groups excluding carboxylic acids is 1. The molecule has 0 saturated carbocycles. The first-order valence-corrected chi connectivity index (χ1v) is 9.73. The first-order valence-electron chi connectivity index (χ1n) is 7.93. The fraction of sp³-hybridized carbons (Fsp3) is 0.278. The fourth-order valence-corrected chi connectivity index (χ4v) is 5.08. The molecule has 4 rings (SSSR count). The van der Waals surface area contributed by atoms with Crippen molar-refractivity contribution in [3.05, 3.63) is 52.7 Å². The number of esters is 1. The van der Waals surface area contributed by atoms with E-state index in [2.05, 4.69) is 9.97 Å². The zero-order chi connectivity index (χ0) is 16.4. The summed E-state index contributed by atoms with van der Waals surface area (Å²) >= 11 is 3.43. The summed E-state index contributed by atoms with van der Waals surface area (Å²) in [6.07, 6.45) is 5.14. The molecule has 2 aromatic heterocycles. The van der Waals surface area contributed by atoms with Crippen molar-refractivity contribution in [3.8, 4) is 0 Å². The number of rotatable bonds is 5. The smallest absolute Gasteiger partial charge is 0.338 e. The minimum absolute atomic E-state index is 0.277. The number of hydrogen-bond acceptors (Lipinski definition) is 6. The van der Waals surface area contributed by atoms with Gasteiger partial charge in [0, 0.05) is 16.0 Å². The monoisotopic (exact) mass is 356 g/mol. The molecule has 0 fully saturated rings. The molecule has 24 heavy (non-hydrogen) atoms. The van der Waals surface area contributed by atoms with Crippen molar-refractivity contribution in [1.82, 2.24) is 9.97 Å². The van der Waals surface area contributed by atoms with Crippen molar-refractivity contribution in [2.45, 2.75) is 24.3 Å². The predicted molar refractivity (Wildman–Crippen MR) is 96.9 cm³/mol. The molecular formula is C18H16N2O2S2. The number of aromatic nitrogens is 2. The van der Waals surface area contributed by atoms with Gasteiger partial charge in [0.05, 0.1) is 5.56 Å². The molecule has 2 heterocycles. The molecule has 122 valence electrons. The number of hydrogen-bond donors (Lipinski definition) is 0. The minimum atomic E-state index is -0.277. The van der Waals surface area contributed by atoms with Crippen LogP contribution in [-0.2, 0) is 17.6 Å². The second-order valence-electron chi connectivity index (χ2n) is 5.57. The number of aryl methyl sites for hydroxylation is 2. The summed E-state index contributed by atoms with van der Waals surface area (Å²) in [5, 5.41) is 2.23. The third-order valence-corrected chi connectivity index (χ3v) is 6.18. The molecule has 0 saturated heterocycles. The van der Waals surface area contributed by atoms with Gasteiger partial charge in [0.15, 0.2) is 0 Å². The highest BCUT2D eigenvalue weighted by Crippen LogP contribution is 2.39. The Balaban J connectivity index is 1.40. The predicted octanol–water partition coefficient (Wildman–Crippen LogP) is 4.13. The Bertz CT molecular complexity index is 877. The number of carbonyl (C=O) groups is 1. The summed E-state index contributed by atoms with van der Waals surface area (Å²) in [7, 11) is 0. The van der Waals surface area contributed by atoms with Gasteiger partial charge < -0.3 is 4.74 Å². The van der Waals surface area contributed by atoms with E-state index in [1.807, 2.05) is 18.2 Å². The molecule has 4 nitrogen and oxygen atoms in total. The lowest BCUT2D eigenvalue weighted by Crippen LogP contribution is -2.07. The van der Waals surface area contributed by atoms with Crippen LogP contribution in [0.25, 0.3) is 10.2 Å². The lowest BCUT2D eigenvalue weighted by molar-refractivity contribution is 0.0530. The topological polar surface area (TPSA) is 52.1 Å². The third kappa shape index (κ3) is 3.03. The number of ether oxygens (including phenoxy) is 1. The lowest BCUT2D eigenvalue weighted by atomic mass is 10.2. The van der Waals surface area contributed by atoms with Crippen LogP contribution >= 0.6 is 23.1 Å². The highest BCUT2D eigenvalue weighted by Gasteiger charge is 2.21. The van der Waals surface area contributed by atoms with E-state index in [9.17, 15) is 4.79 Å². The standard InChI is InChI=1S/C18H16N2O2S2/c21-18(12-5-2-1-3-6-12)22-9-10-23-16-15-13-7-4-8-14(13)24-17(15)20-11-19-16/h1-3,5-6,11H,4,7-10H2. The van der Waals surface area contributed by atoms with Crippen LogP contribution in [0.5, 0.6) is 0 Å². The maximum atomic E-state index is 11.9. The van der Waals surface area contributed by atoms with Crippen molar-refractivity contribution in [2.75, 3.05) is 12.4 Å². The zero-order valence-electron chi connectivity index (χ0n) is 13.0. The largest absolute Gasteiger partial charge is 0.461 e. The molecule has 0 N–H and O–H groups in total. The summed E-state index contributed by atoms with van der Waals surface area (Å²) in [6, 6.07) is 9.07. The van der Waals surface area contributed by atoms with Crippen LogP contribution in [0.1, 0.15) is 27.2 Å². The second kappa shape index (κ2) is 6.91. The van der Waals surface area contributed by atoms with Crippen molar-refractivity contribution in [1.29, 1.82) is 0 Å². The molecule has 1 aliphatic rings. The van der Waals surface area contributed by atoms with Gasteiger partial charge in [0.1, 0.15) is 22.8 Å². The van der Waals surface area contributed by atoms with E-state index in [0.717, 1.165) is 22.7 Å². The molecule has 1 aromatic carbocycles. The van der Waals surface area contributed by atoms with Gasteiger partial charge in [-0.15, -0.1) is 23.1 Å². The van der Waals surface area contributed by atoms with E-state index in [1.54, 1.807) is 41.6 Å². The summed E-state index contributed by atoms with van der Waals surface area (Å²) < 4.78 is 5.34. The Morgan fingerprint density at radius 2 is 2.08 bits per heavy atom. The van der Waals surface area contributed by atoms with Crippen molar-refractivity contribution < 1.29 is 9.53 Å². The molecular weight excluding hydrogens is 340 g/mol. The Morgan fingerprint density at radius 1 is 1.21 bits per heavy atom. The van der Waals surface area contributed by atoms with Gasteiger partial charge in [0.25, 0.3) is 0 Å². The van der Waals surface area contributed by atoms with E-state index in [-0.39, 0.29) is 5.97 Å². The van der Waals surface area contributed by atoms with E-state index in [1.165, 1.54) is 22.2 Å². The Kier molecular flexibility index (Phi) is 4.49. The normalized spacial score (nSPS) is 13.2. The van der Waals surface area contributed by atoms with Gasteiger partial charge in [-0.1, -0.05) is 18.2 Å². The van der Waals surface area contributed by atoms with Crippen LogP contribution in [0.2, 0.25) is 0 Å². The van der Waals surface area contributed by atoms with Gasteiger partial charge in [-0.25, -0.2) is 14.8 Å². The molecule has 6 heteroatoms. The summed E-state index contributed by atoms with van der Waals surface area (Å²) in [5.74, 6) is 0.412. The van der Waals surface area contributed by atoms with Crippen LogP contribution < -0.4 is 0 Å². The van der Waals surface area contributed by atoms with Crippen molar-refractivity contribution >= 4 is 39.3 Å². The molecule has 0 unspecified atom stereocenters. The highest BCUT2D eigenvalue weighted by atomic mass is 32.2. The van der Waals surface area contributed by atoms with Crippen LogP contribution in [0.3, 0.4) is 0 Å². The second-order valence-corrected chi connectivity index (χ2v) is 7.73. The molecule has 0 atom stereocenters. The van der Waals surface area contributed by atoms with Crippen LogP contribution in [0.4, 0.5) is 0 Å². The van der Waals surface area contributed by atoms with E-state index < -0.39 is 0 Å². The third-order valence-electron chi connectivity index (χ3n) is 4.03. The highest BCUT2D eigenvalue weighted by molar-refractivity contribution is 7.99. The molecule has 0 aliphatic heterocycles. The first-order chi connectivity index (χ1) is 11.8. The van der Waals surface area contributed by atoms with E-state index in [0.29, 0.717) is 17.9 Å². The van der Waals surface area contributed by atoms with Gasteiger partial charge in [-0.05, 0) is 37.0 Å².